The molecule has 1 aromatic rings. The maximum atomic E-state index is 10.8. The van der Waals surface area contributed by atoms with Gasteiger partial charge in [0.1, 0.15) is 0 Å². The predicted octanol–water partition coefficient (Wildman–Crippen LogP) is 3.98. The Bertz CT molecular complexity index is 433. The lowest BCUT2D eigenvalue weighted by Crippen LogP contribution is -2.04. The lowest BCUT2D eigenvalue weighted by Gasteiger charge is -2.11. The van der Waals surface area contributed by atoms with Crippen LogP contribution in [0.25, 0.3) is 0 Å². The third-order valence-corrected chi connectivity index (χ3v) is 2.99. The van der Waals surface area contributed by atoms with Crippen LogP contribution in [-0.4, -0.2) is 18.1 Å². The van der Waals surface area contributed by atoms with Gasteiger partial charge in [-0.3, -0.25) is 10.1 Å². The first-order valence-corrected chi connectivity index (χ1v) is 7.13. The molecule has 0 unspecified atom stereocenters. The first-order valence-electron chi connectivity index (χ1n) is 7.13. The Hall–Kier alpha value is -1.62. The number of nitrogens with one attached hydrogen (secondary N) is 1. The van der Waals surface area contributed by atoms with Crippen molar-refractivity contribution in [1.82, 2.24) is 0 Å². The van der Waals surface area contributed by atoms with E-state index in [1.54, 1.807) is 12.1 Å². The molecule has 0 heterocycles. The fourth-order valence-corrected chi connectivity index (χ4v) is 1.95. The molecule has 0 fully saturated rings. The van der Waals surface area contributed by atoms with Crippen LogP contribution in [0.3, 0.4) is 0 Å². The third kappa shape index (κ3) is 5.57. The number of nitro benzene ring substituents is 1. The molecule has 20 heavy (non-hydrogen) atoms. The van der Waals surface area contributed by atoms with Gasteiger partial charge in [-0.2, -0.15) is 0 Å². The van der Waals surface area contributed by atoms with E-state index >= 15 is 0 Å². The monoisotopic (exact) mass is 280 g/mol. The van der Waals surface area contributed by atoms with Crippen LogP contribution in [0, 0.1) is 16.0 Å². The lowest BCUT2D eigenvalue weighted by molar-refractivity contribution is -0.384. The van der Waals surface area contributed by atoms with Crippen molar-refractivity contribution in [2.75, 3.05) is 18.5 Å². The van der Waals surface area contributed by atoms with Gasteiger partial charge in [0, 0.05) is 36.5 Å². The summed E-state index contributed by atoms with van der Waals surface area (Å²) in [7, 11) is 0. The number of nitro groups is 1. The fraction of sp³-hybridized carbons (Fsp3) is 0.600. The highest BCUT2D eigenvalue weighted by Gasteiger charge is 2.10. The maximum absolute atomic E-state index is 10.8. The number of non-ortho nitro benzene ring substituents is 1. The number of rotatable bonds is 9. The Labute approximate surface area is 120 Å². The molecule has 0 aliphatic rings. The summed E-state index contributed by atoms with van der Waals surface area (Å²) in [6.45, 7) is 8.23. The number of hydrogen-bond acceptors (Lipinski definition) is 4. The molecular formula is C15H24N2O3. The molecule has 112 valence electrons. The SMILES string of the molecule is CCNc1ccc([N+](=O)[O-])cc1COCCCC(C)C. The molecule has 5 heteroatoms. The molecule has 0 saturated carbocycles. The van der Waals surface area contributed by atoms with E-state index in [4.69, 9.17) is 4.74 Å². The van der Waals surface area contributed by atoms with Crippen molar-refractivity contribution in [3.05, 3.63) is 33.9 Å². The standard InChI is InChI=1S/C15H24N2O3/c1-4-16-15-8-7-14(17(18)19)10-13(15)11-20-9-5-6-12(2)3/h7-8,10,12,16H,4-6,9,11H2,1-3H3. The van der Waals surface area contributed by atoms with E-state index in [2.05, 4.69) is 19.2 Å². The smallest absolute Gasteiger partial charge is 0.269 e. The molecule has 0 bridgehead atoms. The van der Waals surface area contributed by atoms with E-state index in [1.807, 2.05) is 6.92 Å². The normalized spacial score (nSPS) is 10.8. The van der Waals surface area contributed by atoms with E-state index in [9.17, 15) is 10.1 Å². The van der Waals surface area contributed by atoms with Crippen molar-refractivity contribution in [2.45, 2.75) is 40.2 Å². The summed E-state index contributed by atoms with van der Waals surface area (Å²) in [5, 5.41) is 14.0. The Kier molecular flexibility index (Phi) is 7.01. The van der Waals surface area contributed by atoms with Crippen LogP contribution >= 0.6 is 0 Å². The summed E-state index contributed by atoms with van der Waals surface area (Å²) >= 11 is 0. The van der Waals surface area contributed by atoms with Gasteiger partial charge >= 0.3 is 0 Å². The van der Waals surface area contributed by atoms with Crippen molar-refractivity contribution < 1.29 is 9.66 Å². The zero-order chi connectivity index (χ0) is 15.0. The number of anilines is 1. The molecule has 0 aromatic heterocycles. The van der Waals surface area contributed by atoms with Crippen molar-refractivity contribution >= 4 is 11.4 Å². The lowest BCUT2D eigenvalue weighted by atomic mass is 10.1. The van der Waals surface area contributed by atoms with Gasteiger partial charge in [0.25, 0.3) is 5.69 Å². The molecule has 0 saturated heterocycles. The first-order chi connectivity index (χ1) is 9.54. The van der Waals surface area contributed by atoms with Crippen LogP contribution in [0.1, 0.15) is 39.2 Å². The van der Waals surface area contributed by atoms with Crippen LogP contribution in [-0.2, 0) is 11.3 Å². The Morgan fingerprint density at radius 3 is 2.75 bits per heavy atom. The third-order valence-electron chi connectivity index (χ3n) is 2.99. The average Bonchev–Trinajstić information content (AvgIpc) is 2.39. The summed E-state index contributed by atoms with van der Waals surface area (Å²) in [5.41, 5.74) is 1.85. The van der Waals surface area contributed by atoms with Gasteiger partial charge in [0.05, 0.1) is 11.5 Å². The molecule has 1 aromatic carbocycles. The highest BCUT2D eigenvalue weighted by molar-refractivity contribution is 5.55. The van der Waals surface area contributed by atoms with E-state index in [0.717, 1.165) is 30.6 Å². The van der Waals surface area contributed by atoms with Crippen LogP contribution in [0.15, 0.2) is 18.2 Å². The molecule has 0 aliphatic heterocycles. The van der Waals surface area contributed by atoms with Crippen LogP contribution in [0.4, 0.5) is 11.4 Å². The van der Waals surface area contributed by atoms with Gasteiger partial charge in [-0.15, -0.1) is 0 Å². The van der Waals surface area contributed by atoms with Gasteiger partial charge in [0.15, 0.2) is 0 Å². The predicted molar refractivity (Wildman–Crippen MR) is 81.0 cm³/mol. The molecule has 1 N–H and O–H groups in total. The highest BCUT2D eigenvalue weighted by atomic mass is 16.6. The first kappa shape index (κ1) is 16.4. The molecule has 1 rings (SSSR count). The second-order valence-electron chi connectivity index (χ2n) is 5.22. The van der Waals surface area contributed by atoms with Crippen molar-refractivity contribution in [3.63, 3.8) is 0 Å². The minimum atomic E-state index is -0.377. The van der Waals surface area contributed by atoms with Gasteiger partial charge in [-0.05, 0) is 31.7 Å². The molecule has 0 amide bonds. The Balaban J connectivity index is 2.60. The number of ether oxygens (including phenoxy) is 1. The highest BCUT2D eigenvalue weighted by Crippen LogP contribution is 2.23. The minimum Gasteiger partial charge on any atom is -0.385 e. The number of nitrogens with zero attached hydrogens (tertiary/aromatic N) is 1. The second-order valence-corrected chi connectivity index (χ2v) is 5.22. The Morgan fingerprint density at radius 1 is 1.40 bits per heavy atom. The van der Waals surface area contributed by atoms with Gasteiger partial charge < -0.3 is 10.1 Å². The van der Waals surface area contributed by atoms with Gasteiger partial charge in [-0.1, -0.05) is 13.8 Å². The van der Waals surface area contributed by atoms with Crippen LogP contribution in [0.5, 0.6) is 0 Å². The summed E-state index contributed by atoms with van der Waals surface area (Å²) < 4.78 is 5.63. The van der Waals surface area contributed by atoms with Crippen molar-refractivity contribution in [3.8, 4) is 0 Å². The minimum absolute atomic E-state index is 0.104. The van der Waals surface area contributed by atoms with E-state index < -0.39 is 0 Å². The van der Waals surface area contributed by atoms with Crippen molar-refractivity contribution in [2.24, 2.45) is 5.92 Å². The molecule has 0 atom stereocenters. The van der Waals surface area contributed by atoms with Gasteiger partial charge in [0.2, 0.25) is 0 Å². The van der Waals surface area contributed by atoms with E-state index in [0.29, 0.717) is 19.1 Å². The summed E-state index contributed by atoms with van der Waals surface area (Å²) in [6, 6.07) is 4.84. The molecule has 0 aliphatic carbocycles. The number of hydrogen-bond donors (Lipinski definition) is 1. The largest absolute Gasteiger partial charge is 0.385 e. The van der Waals surface area contributed by atoms with Gasteiger partial charge in [-0.25, -0.2) is 0 Å². The van der Waals surface area contributed by atoms with E-state index in [1.165, 1.54) is 6.07 Å². The van der Waals surface area contributed by atoms with E-state index in [-0.39, 0.29) is 10.6 Å². The molecule has 0 radical (unpaired) electrons. The topological polar surface area (TPSA) is 64.4 Å². The van der Waals surface area contributed by atoms with Crippen LogP contribution in [0.2, 0.25) is 0 Å². The van der Waals surface area contributed by atoms with Crippen molar-refractivity contribution in [1.29, 1.82) is 0 Å². The summed E-state index contributed by atoms with van der Waals surface area (Å²) in [6.07, 6.45) is 2.15. The van der Waals surface area contributed by atoms with Crippen LogP contribution < -0.4 is 5.32 Å². The molecule has 0 spiro atoms. The fourth-order valence-electron chi connectivity index (χ4n) is 1.95. The average molecular weight is 280 g/mol. The quantitative estimate of drug-likeness (QED) is 0.422. The Morgan fingerprint density at radius 2 is 2.15 bits per heavy atom. The molecular weight excluding hydrogens is 256 g/mol. The summed E-state index contributed by atoms with van der Waals surface area (Å²) in [4.78, 5) is 10.4. The number of benzene rings is 1. The zero-order valence-electron chi connectivity index (χ0n) is 12.5. The second kappa shape index (κ2) is 8.53. The summed E-state index contributed by atoms with van der Waals surface area (Å²) in [5.74, 6) is 0.675. The molecule has 5 nitrogen and oxygen atoms in total. The zero-order valence-corrected chi connectivity index (χ0v) is 12.5. The maximum Gasteiger partial charge on any atom is 0.269 e.